The van der Waals surface area contributed by atoms with Gasteiger partial charge in [-0.1, -0.05) is 32.0 Å². The highest BCUT2D eigenvalue weighted by atomic mass is 16.1. The first-order valence-electron chi connectivity index (χ1n) is 13.9. The van der Waals surface area contributed by atoms with E-state index in [4.69, 9.17) is 5.73 Å². The number of aromatic nitrogens is 3. The molecule has 5 aromatic rings. The van der Waals surface area contributed by atoms with Gasteiger partial charge in [0, 0.05) is 54.9 Å². The molecule has 3 aromatic heterocycles. The quantitative estimate of drug-likeness (QED) is 0.173. The summed E-state index contributed by atoms with van der Waals surface area (Å²) in [5.74, 6) is 0.730. The summed E-state index contributed by atoms with van der Waals surface area (Å²) in [4.78, 5) is 16.8. The van der Waals surface area contributed by atoms with Gasteiger partial charge < -0.3 is 14.9 Å². The first kappa shape index (κ1) is 25.8. The Morgan fingerprint density at radius 2 is 1.53 bits per heavy atom. The molecule has 2 N–H and O–H groups in total. The Balaban J connectivity index is 0.000000190. The molecule has 196 valence electrons. The third-order valence-corrected chi connectivity index (χ3v) is 7.36. The van der Waals surface area contributed by atoms with Crippen molar-refractivity contribution in [3.63, 3.8) is 0 Å². The first-order chi connectivity index (χ1) is 18.5. The zero-order valence-electron chi connectivity index (χ0n) is 22.8. The van der Waals surface area contributed by atoms with Crippen molar-refractivity contribution >= 4 is 33.3 Å². The maximum atomic E-state index is 12.1. The van der Waals surface area contributed by atoms with Crippen LogP contribution in [-0.4, -0.2) is 19.9 Å². The standard InChI is InChI=1S/C22H24N2O.C11H14N2/c1-3-9-24-10-8-18-5-4-16(12-22(18)24)11-21-20(15(2)25)13-19(14-23-21)17-6-7-17;1-2-6-13-7-5-9-3-4-10(12)8-11(9)13/h4-5,8,10,12-14,17H,3,6-7,9,11H2,1-2H3;3-5,7-8H,2,6,12H2,1H3. The Morgan fingerprint density at radius 1 is 0.895 bits per heavy atom. The largest absolute Gasteiger partial charge is 0.399 e. The minimum atomic E-state index is 0.112. The summed E-state index contributed by atoms with van der Waals surface area (Å²) >= 11 is 0. The van der Waals surface area contributed by atoms with E-state index in [1.54, 1.807) is 6.92 Å². The zero-order chi connectivity index (χ0) is 26.6. The van der Waals surface area contributed by atoms with Gasteiger partial charge in [-0.2, -0.15) is 0 Å². The number of Topliss-reactive ketones (excluding diaryl/α,β-unsaturated/α-hetero) is 1. The fourth-order valence-electron chi connectivity index (χ4n) is 5.20. The van der Waals surface area contributed by atoms with Crippen molar-refractivity contribution < 1.29 is 4.79 Å². The second kappa shape index (κ2) is 11.3. The van der Waals surface area contributed by atoms with Crippen LogP contribution in [0.15, 0.2) is 73.2 Å². The molecule has 38 heavy (non-hydrogen) atoms. The van der Waals surface area contributed by atoms with Crippen LogP contribution in [0.3, 0.4) is 0 Å². The Kier molecular flexibility index (Phi) is 7.64. The predicted octanol–water partition coefficient (Wildman–Crippen LogP) is 7.75. The molecule has 0 aliphatic heterocycles. The lowest BCUT2D eigenvalue weighted by atomic mass is 9.99. The summed E-state index contributed by atoms with van der Waals surface area (Å²) in [5.41, 5.74) is 13.2. The maximum Gasteiger partial charge on any atom is 0.161 e. The number of fused-ring (bicyclic) bond motifs is 2. The van der Waals surface area contributed by atoms with Gasteiger partial charge in [0.15, 0.2) is 5.78 Å². The van der Waals surface area contributed by atoms with Gasteiger partial charge in [-0.25, -0.2) is 0 Å². The van der Waals surface area contributed by atoms with E-state index in [2.05, 4.69) is 82.8 Å². The Hall–Kier alpha value is -3.86. The average Bonchev–Trinajstić information content (AvgIpc) is 3.59. The fraction of sp³-hybridized carbons (Fsp3) is 0.333. The van der Waals surface area contributed by atoms with Crippen molar-refractivity contribution in [1.29, 1.82) is 0 Å². The topological polar surface area (TPSA) is 65.8 Å². The molecule has 0 amide bonds. The maximum absolute atomic E-state index is 12.1. The molecule has 1 saturated carbocycles. The van der Waals surface area contributed by atoms with E-state index in [0.29, 0.717) is 12.3 Å². The van der Waals surface area contributed by atoms with Gasteiger partial charge in [0.2, 0.25) is 0 Å². The molecule has 0 unspecified atom stereocenters. The molecule has 5 nitrogen and oxygen atoms in total. The highest BCUT2D eigenvalue weighted by Gasteiger charge is 2.25. The molecule has 6 rings (SSSR count). The van der Waals surface area contributed by atoms with Gasteiger partial charge in [0.05, 0.1) is 11.2 Å². The van der Waals surface area contributed by atoms with E-state index in [0.717, 1.165) is 42.9 Å². The number of rotatable bonds is 8. The van der Waals surface area contributed by atoms with Crippen LogP contribution in [0, 0.1) is 0 Å². The number of pyridine rings is 1. The fourth-order valence-corrected chi connectivity index (χ4v) is 5.20. The monoisotopic (exact) mass is 506 g/mol. The molecule has 2 aromatic carbocycles. The van der Waals surface area contributed by atoms with Crippen molar-refractivity contribution in [2.45, 2.75) is 71.9 Å². The summed E-state index contributed by atoms with van der Waals surface area (Å²) in [7, 11) is 0. The molecule has 0 saturated heterocycles. The van der Waals surface area contributed by atoms with Crippen LogP contribution in [0.2, 0.25) is 0 Å². The normalized spacial score (nSPS) is 13.0. The average molecular weight is 507 g/mol. The van der Waals surface area contributed by atoms with E-state index in [1.807, 2.05) is 18.3 Å². The number of hydrogen-bond acceptors (Lipinski definition) is 3. The number of hydrogen-bond donors (Lipinski definition) is 1. The van der Waals surface area contributed by atoms with Crippen LogP contribution < -0.4 is 5.73 Å². The van der Waals surface area contributed by atoms with Crippen molar-refractivity contribution in [2.75, 3.05) is 5.73 Å². The molecule has 0 radical (unpaired) electrons. The highest BCUT2D eigenvalue weighted by molar-refractivity contribution is 5.95. The predicted molar refractivity (Wildman–Crippen MR) is 158 cm³/mol. The van der Waals surface area contributed by atoms with E-state index in [1.165, 1.54) is 45.8 Å². The van der Waals surface area contributed by atoms with E-state index >= 15 is 0 Å². The van der Waals surface area contributed by atoms with Gasteiger partial charge in [-0.15, -0.1) is 0 Å². The smallest absolute Gasteiger partial charge is 0.161 e. The van der Waals surface area contributed by atoms with Gasteiger partial charge in [0.1, 0.15) is 0 Å². The number of nitrogens with zero attached hydrogens (tertiary/aromatic N) is 3. The van der Waals surface area contributed by atoms with Gasteiger partial charge >= 0.3 is 0 Å². The van der Waals surface area contributed by atoms with Crippen molar-refractivity contribution in [2.24, 2.45) is 0 Å². The minimum Gasteiger partial charge on any atom is -0.399 e. The van der Waals surface area contributed by atoms with E-state index in [-0.39, 0.29) is 5.78 Å². The number of ketones is 1. The second-order valence-electron chi connectivity index (χ2n) is 10.5. The molecule has 5 heteroatoms. The van der Waals surface area contributed by atoms with Gasteiger partial charge in [-0.3, -0.25) is 9.78 Å². The number of anilines is 1. The summed E-state index contributed by atoms with van der Waals surface area (Å²) < 4.78 is 4.54. The van der Waals surface area contributed by atoms with Gasteiger partial charge in [0.25, 0.3) is 0 Å². The van der Waals surface area contributed by atoms with Crippen LogP contribution in [0.5, 0.6) is 0 Å². The third-order valence-electron chi connectivity index (χ3n) is 7.36. The summed E-state index contributed by atoms with van der Waals surface area (Å²) in [6.07, 6.45) is 11.7. The second-order valence-corrected chi connectivity index (χ2v) is 10.5. The molecule has 3 heterocycles. The van der Waals surface area contributed by atoms with Crippen LogP contribution in [0.4, 0.5) is 5.69 Å². The molecular formula is C33H38N4O. The molecule has 1 fully saturated rings. The van der Waals surface area contributed by atoms with E-state index in [9.17, 15) is 4.79 Å². The van der Waals surface area contributed by atoms with Crippen molar-refractivity contribution in [3.05, 3.63) is 95.6 Å². The number of aryl methyl sites for hydroxylation is 2. The van der Waals surface area contributed by atoms with Crippen LogP contribution in [0.1, 0.15) is 79.6 Å². The number of benzene rings is 2. The number of carbonyl (C=O) groups is 1. The molecule has 1 aliphatic rings. The highest BCUT2D eigenvalue weighted by Crippen LogP contribution is 2.40. The Bertz CT molecular complexity index is 1570. The molecule has 1 aliphatic carbocycles. The molecule has 0 spiro atoms. The molecular weight excluding hydrogens is 468 g/mol. The lowest BCUT2D eigenvalue weighted by Gasteiger charge is -2.10. The lowest BCUT2D eigenvalue weighted by Crippen LogP contribution is -2.05. The first-order valence-corrected chi connectivity index (χ1v) is 13.9. The van der Waals surface area contributed by atoms with Crippen molar-refractivity contribution in [1.82, 2.24) is 14.1 Å². The minimum absolute atomic E-state index is 0.112. The lowest BCUT2D eigenvalue weighted by molar-refractivity contribution is 0.101. The number of nitrogen functional groups attached to an aromatic ring is 1. The van der Waals surface area contributed by atoms with Crippen LogP contribution in [0.25, 0.3) is 21.8 Å². The number of carbonyl (C=O) groups excluding carboxylic acids is 1. The molecule has 0 bridgehead atoms. The SMILES string of the molecule is CCCn1ccc2ccc(Cc3ncc(C4CC4)cc3C(C)=O)cc21.CCCn1ccc2ccc(N)cc21. The van der Waals surface area contributed by atoms with Crippen molar-refractivity contribution in [3.8, 4) is 0 Å². The summed E-state index contributed by atoms with van der Waals surface area (Å²) in [5, 5.41) is 2.53. The summed E-state index contributed by atoms with van der Waals surface area (Å²) in [6, 6.07) is 19.0. The van der Waals surface area contributed by atoms with Crippen LogP contribution >= 0.6 is 0 Å². The third kappa shape index (κ3) is 5.67. The van der Waals surface area contributed by atoms with E-state index < -0.39 is 0 Å². The zero-order valence-corrected chi connectivity index (χ0v) is 22.8. The number of nitrogens with two attached hydrogens (primary N) is 1. The van der Waals surface area contributed by atoms with Gasteiger partial charge in [-0.05, 0) is 96.8 Å². The summed E-state index contributed by atoms with van der Waals surface area (Å²) in [6.45, 7) is 8.11. The Labute approximate surface area is 225 Å². The Morgan fingerprint density at radius 3 is 2.13 bits per heavy atom. The van der Waals surface area contributed by atoms with Crippen LogP contribution in [-0.2, 0) is 19.5 Å². The molecule has 0 atom stereocenters.